The zero-order chi connectivity index (χ0) is 19.8. The van der Waals surface area contributed by atoms with Gasteiger partial charge in [-0.2, -0.15) is 26.3 Å². The van der Waals surface area contributed by atoms with E-state index < -0.39 is 56.9 Å². The van der Waals surface area contributed by atoms with Crippen LogP contribution in [0.15, 0.2) is 18.2 Å². The van der Waals surface area contributed by atoms with Crippen LogP contribution < -0.4 is 0 Å². The number of esters is 1. The number of rotatable bonds is 4. The van der Waals surface area contributed by atoms with Crippen molar-refractivity contribution in [1.29, 1.82) is 0 Å². The molecule has 0 spiro atoms. The van der Waals surface area contributed by atoms with Crippen molar-refractivity contribution in [3.05, 3.63) is 29.6 Å². The summed E-state index contributed by atoms with van der Waals surface area (Å²) in [5.74, 6) is -8.23. The number of hydrogen-bond donors (Lipinski definition) is 1. The molecule has 1 N–H and O–H groups in total. The molecule has 0 aliphatic heterocycles. The van der Waals surface area contributed by atoms with Gasteiger partial charge in [0.15, 0.2) is 11.6 Å². The second kappa shape index (κ2) is 6.33. The minimum absolute atomic E-state index is 0.0564. The molecule has 14 heteroatoms. The van der Waals surface area contributed by atoms with Crippen molar-refractivity contribution in [3.8, 4) is 5.75 Å². The average molecular weight is 399 g/mol. The summed E-state index contributed by atoms with van der Waals surface area (Å²) >= 11 is 0. The lowest BCUT2D eigenvalue weighted by molar-refractivity contribution is -0.356. The molecule has 0 aliphatic carbocycles. The van der Waals surface area contributed by atoms with Gasteiger partial charge in [-0.3, -0.25) is 0 Å². The first kappa shape index (κ1) is 21.0. The van der Waals surface area contributed by atoms with Crippen LogP contribution >= 0.6 is 0 Å². The van der Waals surface area contributed by atoms with E-state index >= 15 is 0 Å². The summed E-state index contributed by atoms with van der Waals surface area (Å²) in [4.78, 5) is 11.5. The van der Waals surface area contributed by atoms with E-state index in [2.05, 4.69) is 4.74 Å². The van der Waals surface area contributed by atoms with E-state index in [9.17, 15) is 48.5 Å². The lowest BCUT2D eigenvalue weighted by Crippen LogP contribution is -2.63. The minimum Gasteiger partial charge on any atom is -0.748 e. The topological polar surface area (TPSA) is 104 Å². The fourth-order valence-electron chi connectivity index (χ4n) is 1.57. The molecule has 0 amide bonds. The van der Waals surface area contributed by atoms with E-state index in [4.69, 9.17) is 5.11 Å². The maximum Gasteiger partial charge on any atom is 0.438 e. The Morgan fingerprint density at radius 2 is 1.60 bits per heavy atom. The number of halogens is 7. The quantitative estimate of drug-likeness (QED) is 0.473. The highest BCUT2D eigenvalue weighted by Crippen LogP contribution is 2.47. The molecular weight excluding hydrogens is 393 g/mol. The molecule has 0 saturated heterocycles. The first-order chi connectivity index (χ1) is 11.0. The second-order valence-electron chi connectivity index (χ2n) is 4.58. The van der Waals surface area contributed by atoms with Gasteiger partial charge in [0, 0.05) is 0 Å². The summed E-state index contributed by atoms with van der Waals surface area (Å²) in [6.07, 6.45) is -13.1. The fourth-order valence-corrected chi connectivity index (χ4v) is 2.45. The highest BCUT2D eigenvalue weighted by atomic mass is 32.2. The van der Waals surface area contributed by atoms with Gasteiger partial charge in [-0.15, -0.1) is 0 Å². The number of aromatic hydroxyl groups is 1. The summed E-state index contributed by atoms with van der Waals surface area (Å²) in [7, 11) is -6.17. The normalized spacial score (nSPS) is 13.6. The third-order valence-electron chi connectivity index (χ3n) is 2.75. The predicted molar refractivity (Wildman–Crippen MR) is 62.9 cm³/mol. The SMILES string of the molecule is O=C(OC(CS(=O)(=O)[O-])(C(F)(F)F)C(F)(F)F)c1ccc(O)c(F)c1. The monoisotopic (exact) mass is 399 g/mol. The Balaban J connectivity index is 3.46. The van der Waals surface area contributed by atoms with E-state index in [1.807, 2.05) is 0 Å². The largest absolute Gasteiger partial charge is 0.748 e. The molecule has 0 fully saturated rings. The van der Waals surface area contributed by atoms with Crippen LogP contribution in [0.25, 0.3) is 0 Å². The highest BCUT2D eigenvalue weighted by Gasteiger charge is 2.75. The third-order valence-corrected chi connectivity index (χ3v) is 3.51. The predicted octanol–water partition coefficient (Wildman–Crippen LogP) is 2.10. The summed E-state index contributed by atoms with van der Waals surface area (Å²) in [5, 5.41) is 8.86. The van der Waals surface area contributed by atoms with Crippen molar-refractivity contribution < 1.29 is 58.3 Å². The molecule has 0 heterocycles. The fraction of sp³-hybridized carbons (Fsp3) is 0.364. The Morgan fingerprint density at radius 3 is 1.96 bits per heavy atom. The van der Waals surface area contributed by atoms with Gasteiger partial charge in [0.25, 0.3) is 0 Å². The number of phenolic OH excluding ortho intramolecular Hbond substituents is 1. The van der Waals surface area contributed by atoms with Crippen molar-refractivity contribution in [3.63, 3.8) is 0 Å². The van der Waals surface area contributed by atoms with Gasteiger partial charge < -0.3 is 14.4 Å². The van der Waals surface area contributed by atoms with Crippen LogP contribution in [-0.4, -0.2) is 47.8 Å². The minimum atomic E-state index is -6.53. The van der Waals surface area contributed by atoms with Gasteiger partial charge in [-0.05, 0) is 18.2 Å². The smallest absolute Gasteiger partial charge is 0.438 e. The van der Waals surface area contributed by atoms with Crippen LogP contribution in [-0.2, 0) is 14.9 Å². The molecule has 1 rings (SSSR count). The van der Waals surface area contributed by atoms with Gasteiger partial charge in [0.1, 0.15) is 0 Å². The van der Waals surface area contributed by atoms with Crippen molar-refractivity contribution in [2.45, 2.75) is 18.0 Å². The van der Waals surface area contributed by atoms with Crippen molar-refractivity contribution in [2.24, 2.45) is 0 Å². The van der Waals surface area contributed by atoms with Crippen molar-refractivity contribution in [1.82, 2.24) is 0 Å². The first-order valence-electron chi connectivity index (χ1n) is 5.79. The number of phenols is 1. The number of carbonyl (C=O) groups excluding carboxylic acids is 1. The molecule has 0 atom stereocenters. The summed E-state index contributed by atoms with van der Waals surface area (Å²) in [6.45, 7) is 0. The average Bonchev–Trinajstić information content (AvgIpc) is 2.36. The molecule has 0 saturated carbocycles. The number of carbonyl (C=O) groups is 1. The Hall–Kier alpha value is -2.09. The van der Waals surface area contributed by atoms with E-state index in [1.54, 1.807) is 0 Å². The third kappa shape index (κ3) is 4.50. The lowest BCUT2D eigenvalue weighted by Gasteiger charge is -2.36. The summed E-state index contributed by atoms with van der Waals surface area (Å²) in [5.41, 5.74) is -6.86. The van der Waals surface area contributed by atoms with Crippen LogP contribution in [0, 0.1) is 5.82 Å². The molecule has 0 radical (unpaired) electrons. The molecule has 0 aromatic heterocycles. The Labute approximate surface area is 134 Å². The molecule has 1 aromatic carbocycles. The van der Waals surface area contributed by atoms with Crippen molar-refractivity contribution >= 4 is 16.1 Å². The molecule has 0 aliphatic rings. The highest BCUT2D eigenvalue weighted by molar-refractivity contribution is 7.85. The summed E-state index contributed by atoms with van der Waals surface area (Å²) < 4.78 is 125. The van der Waals surface area contributed by atoms with E-state index in [1.165, 1.54) is 0 Å². The van der Waals surface area contributed by atoms with Crippen molar-refractivity contribution in [2.75, 3.05) is 5.75 Å². The van der Waals surface area contributed by atoms with Crippen LogP contribution in [0.4, 0.5) is 30.7 Å². The van der Waals surface area contributed by atoms with Gasteiger partial charge in [-0.1, -0.05) is 0 Å². The number of benzene rings is 1. The van der Waals surface area contributed by atoms with Crippen LogP contribution in [0.5, 0.6) is 5.75 Å². The molecule has 6 nitrogen and oxygen atoms in total. The standard InChI is InChI=1S/C11H7F7O6S/c12-6-3-5(1-2-7(6)19)8(20)24-9(10(13,14)15,11(16,17)18)4-25(21,22)23/h1-3,19H,4H2,(H,21,22,23)/p-1. The Morgan fingerprint density at radius 1 is 1.12 bits per heavy atom. The molecule has 0 unspecified atom stereocenters. The van der Waals surface area contributed by atoms with Gasteiger partial charge in [0.05, 0.1) is 21.4 Å². The number of ether oxygens (including phenoxy) is 1. The van der Waals surface area contributed by atoms with Crippen LogP contribution in [0.2, 0.25) is 0 Å². The second-order valence-corrected chi connectivity index (χ2v) is 5.98. The van der Waals surface area contributed by atoms with Gasteiger partial charge in [0.2, 0.25) is 0 Å². The van der Waals surface area contributed by atoms with E-state index in [0.717, 1.165) is 0 Å². The van der Waals surface area contributed by atoms with Gasteiger partial charge in [-0.25, -0.2) is 17.6 Å². The molecule has 142 valence electrons. The molecular formula is C11H6F7O6S-. The van der Waals surface area contributed by atoms with Gasteiger partial charge >= 0.3 is 23.9 Å². The van der Waals surface area contributed by atoms with Crippen LogP contribution in [0.1, 0.15) is 10.4 Å². The number of hydrogen-bond acceptors (Lipinski definition) is 6. The van der Waals surface area contributed by atoms with Crippen LogP contribution in [0.3, 0.4) is 0 Å². The lowest BCUT2D eigenvalue weighted by atomic mass is 10.1. The molecule has 25 heavy (non-hydrogen) atoms. The Bertz CT molecular complexity index is 754. The molecule has 0 bridgehead atoms. The zero-order valence-corrected chi connectivity index (χ0v) is 12.3. The van der Waals surface area contributed by atoms with E-state index in [-0.39, 0.29) is 6.07 Å². The first-order valence-corrected chi connectivity index (χ1v) is 7.37. The maximum absolute atomic E-state index is 13.1. The number of alkyl halides is 6. The summed E-state index contributed by atoms with van der Waals surface area (Å²) in [6, 6.07) is 0.907. The zero-order valence-electron chi connectivity index (χ0n) is 11.5. The maximum atomic E-state index is 13.1. The molecule has 1 aromatic rings. The van der Waals surface area contributed by atoms with E-state index in [0.29, 0.717) is 12.1 Å². The Kier molecular flexibility index (Phi) is 5.30.